The van der Waals surface area contributed by atoms with Gasteiger partial charge in [0.25, 0.3) is 0 Å². The van der Waals surface area contributed by atoms with Crippen LogP contribution in [0.1, 0.15) is 59.3 Å². The van der Waals surface area contributed by atoms with E-state index in [0.717, 1.165) is 18.8 Å². The zero-order valence-electron chi connectivity index (χ0n) is 15.7. The summed E-state index contributed by atoms with van der Waals surface area (Å²) in [6.07, 6.45) is 6.31. The summed E-state index contributed by atoms with van der Waals surface area (Å²) < 4.78 is 11.1. The van der Waals surface area contributed by atoms with Crippen LogP contribution in [0.25, 0.3) is 0 Å². The largest absolute Gasteiger partial charge is 0.462 e. The Morgan fingerprint density at radius 1 is 1.04 bits per heavy atom. The third-order valence-corrected chi connectivity index (χ3v) is 6.70. The normalized spacial score (nSPS) is 38.3. The second kappa shape index (κ2) is 6.30. The molecule has 2 unspecified atom stereocenters. The topological polar surface area (TPSA) is 52.6 Å². The Bertz CT molecular complexity index is 601. The highest BCUT2D eigenvalue weighted by molar-refractivity contribution is 5.88. The van der Waals surface area contributed by atoms with Gasteiger partial charge in [-0.3, -0.25) is 0 Å². The molecule has 4 bridgehead atoms. The van der Waals surface area contributed by atoms with Crippen molar-refractivity contribution in [2.75, 3.05) is 6.61 Å². The maximum absolute atomic E-state index is 12.5. The van der Waals surface area contributed by atoms with Crippen LogP contribution in [0, 0.1) is 23.2 Å². The van der Waals surface area contributed by atoms with Gasteiger partial charge in [0.05, 0.1) is 6.61 Å². The lowest BCUT2D eigenvalue weighted by Crippen LogP contribution is -2.60. The lowest BCUT2D eigenvalue weighted by atomic mass is 9.45. The van der Waals surface area contributed by atoms with Crippen molar-refractivity contribution in [3.8, 4) is 0 Å². The SMILES string of the molecule is C=C(C)C(=O)OCCC(=C)C(=O)OC1(C)C2CC3CC1CC(C)(C3)C2. The molecule has 4 aliphatic carbocycles. The zero-order chi connectivity index (χ0) is 18.4. The van der Waals surface area contributed by atoms with Crippen molar-refractivity contribution in [3.63, 3.8) is 0 Å². The van der Waals surface area contributed by atoms with E-state index in [0.29, 0.717) is 34.8 Å². The molecule has 4 fully saturated rings. The lowest BCUT2D eigenvalue weighted by Gasteiger charge is -2.62. The highest BCUT2D eigenvalue weighted by atomic mass is 16.6. The molecule has 4 heteroatoms. The predicted molar refractivity (Wildman–Crippen MR) is 95.7 cm³/mol. The Kier molecular flexibility index (Phi) is 4.59. The van der Waals surface area contributed by atoms with E-state index in [1.165, 1.54) is 19.3 Å². The summed E-state index contributed by atoms with van der Waals surface area (Å²) in [7, 11) is 0. The Balaban J connectivity index is 1.56. The molecule has 0 amide bonds. The maximum Gasteiger partial charge on any atom is 0.334 e. The molecule has 0 aromatic heterocycles. The Morgan fingerprint density at radius 3 is 2.16 bits per heavy atom. The summed E-state index contributed by atoms with van der Waals surface area (Å²) in [5.41, 5.74) is 0.791. The van der Waals surface area contributed by atoms with Crippen LogP contribution in [0.15, 0.2) is 24.3 Å². The molecule has 0 N–H and O–H groups in total. The number of carbonyl (C=O) groups is 2. The first-order valence-corrected chi connectivity index (χ1v) is 9.37. The quantitative estimate of drug-likeness (QED) is 0.534. The van der Waals surface area contributed by atoms with Gasteiger partial charge in [0.15, 0.2) is 0 Å². The van der Waals surface area contributed by atoms with Gasteiger partial charge >= 0.3 is 11.9 Å². The summed E-state index contributed by atoms with van der Waals surface area (Å²) in [6, 6.07) is 0. The van der Waals surface area contributed by atoms with Gasteiger partial charge < -0.3 is 9.47 Å². The van der Waals surface area contributed by atoms with E-state index >= 15 is 0 Å². The first kappa shape index (κ1) is 18.2. The van der Waals surface area contributed by atoms with E-state index < -0.39 is 5.97 Å². The zero-order valence-corrected chi connectivity index (χ0v) is 15.7. The van der Waals surface area contributed by atoms with Gasteiger partial charge in [0, 0.05) is 17.6 Å². The molecule has 0 aliphatic heterocycles. The van der Waals surface area contributed by atoms with Gasteiger partial charge in [0.2, 0.25) is 0 Å². The summed E-state index contributed by atoms with van der Waals surface area (Å²) >= 11 is 0. The highest BCUT2D eigenvalue weighted by Gasteiger charge is 2.60. The number of esters is 2. The Morgan fingerprint density at radius 2 is 1.64 bits per heavy atom. The minimum atomic E-state index is -0.442. The second-order valence-corrected chi connectivity index (χ2v) is 9.00. The molecule has 0 spiro atoms. The fourth-order valence-electron chi connectivity index (χ4n) is 5.51. The fourth-order valence-corrected chi connectivity index (χ4v) is 5.51. The van der Waals surface area contributed by atoms with E-state index in [1.807, 2.05) is 0 Å². The number of carbonyl (C=O) groups excluding carboxylic acids is 2. The summed E-state index contributed by atoms with van der Waals surface area (Å²) in [6.45, 7) is 13.6. The van der Waals surface area contributed by atoms with Crippen molar-refractivity contribution in [1.82, 2.24) is 0 Å². The van der Waals surface area contributed by atoms with E-state index in [9.17, 15) is 9.59 Å². The summed E-state index contributed by atoms with van der Waals surface area (Å²) in [4.78, 5) is 23.9. The molecular weight excluding hydrogens is 316 g/mol. The molecule has 4 saturated carbocycles. The van der Waals surface area contributed by atoms with Gasteiger partial charge in [0.1, 0.15) is 5.60 Å². The number of hydrogen-bond acceptors (Lipinski definition) is 4. The third kappa shape index (κ3) is 3.40. The Labute approximate surface area is 150 Å². The number of ether oxygens (including phenoxy) is 2. The second-order valence-electron chi connectivity index (χ2n) is 9.00. The smallest absolute Gasteiger partial charge is 0.334 e. The van der Waals surface area contributed by atoms with Crippen LogP contribution in [-0.2, 0) is 19.1 Å². The first-order chi connectivity index (χ1) is 11.6. The average molecular weight is 346 g/mol. The molecule has 0 aromatic carbocycles. The Hall–Kier alpha value is -1.58. The van der Waals surface area contributed by atoms with E-state index in [1.54, 1.807) is 6.92 Å². The standard InChI is InChI=1S/C21H30O4/c1-13(2)18(22)24-7-6-14(3)19(23)25-21(5)16-8-15-9-17(21)12-20(4,10-15)11-16/h15-17H,1,3,6-12H2,2,4-5H3. The molecule has 0 radical (unpaired) electrons. The van der Waals surface area contributed by atoms with Crippen molar-refractivity contribution in [1.29, 1.82) is 0 Å². The molecule has 0 saturated heterocycles. The van der Waals surface area contributed by atoms with Crippen molar-refractivity contribution < 1.29 is 19.1 Å². The molecule has 0 aromatic rings. The van der Waals surface area contributed by atoms with E-state index in [2.05, 4.69) is 27.0 Å². The minimum Gasteiger partial charge on any atom is -0.462 e. The van der Waals surface area contributed by atoms with Gasteiger partial charge in [-0.1, -0.05) is 20.1 Å². The average Bonchev–Trinajstić information content (AvgIpc) is 2.50. The van der Waals surface area contributed by atoms with E-state index in [4.69, 9.17) is 9.47 Å². The van der Waals surface area contributed by atoms with Crippen molar-refractivity contribution >= 4 is 11.9 Å². The monoisotopic (exact) mass is 346 g/mol. The number of rotatable bonds is 6. The van der Waals surface area contributed by atoms with Crippen LogP contribution < -0.4 is 0 Å². The molecule has 2 atom stereocenters. The first-order valence-electron chi connectivity index (χ1n) is 9.37. The molecule has 4 rings (SSSR count). The molecule has 25 heavy (non-hydrogen) atoms. The van der Waals surface area contributed by atoms with Crippen LogP contribution >= 0.6 is 0 Å². The molecule has 4 nitrogen and oxygen atoms in total. The van der Waals surface area contributed by atoms with Gasteiger partial charge in [-0.2, -0.15) is 0 Å². The van der Waals surface area contributed by atoms with Crippen LogP contribution in [0.3, 0.4) is 0 Å². The minimum absolute atomic E-state index is 0.128. The number of hydrogen-bond donors (Lipinski definition) is 0. The van der Waals surface area contributed by atoms with Crippen molar-refractivity contribution in [3.05, 3.63) is 24.3 Å². The van der Waals surface area contributed by atoms with Crippen molar-refractivity contribution in [2.45, 2.75) is 64.9 Å². The van der Waals surface area contributed by atoms with Gasteiger partial charge in [-0.15, -0.1) is 0 Å². The fraction of sp³-hybridized carbons (Fsp3) is 0.714. The summed E-state index contributed by atoms with van der Waals surface area (Å²) in [5.74, 6) is 0.941. The summed E-state index contributed by atoms with van der Waals surface area (Å²) in [5, 5.41) is 0. The third-order valence-electron chi connectivity index (χ3n) is 6.70. The van der Waals surface area contributed by atoms with Gasteiger partial charge in [-0.25, -0.2) is 9.59 Å². The molecule has 0 heterocycles. The molecular formula is C21H30O4. The van der Waals surface area contributed by atoms with Crippen LogP contribution in [0.2, 0.25) is 0 Å². The molecule has 138 valence electrons. The molecule has 4 aliphatic rings. The van der Waals surface area contributed by atoms with E-state index in [-0.39, 0.29) is 18.2 Å². The lowest BCUT2D eigenvalue weighted by molar-refractivity contribution is -0.213. The predicted octanol–water partition coefficient (Wildman–Crippen LogP) is 4.20. The van der Waals surface area contributed by atoms with Crippen molar-refractivity contribution in [2.24, 2.45) is 23.2 Å². The highest BCUT2D eigenvalue weighted by Crippen LogP contribution is 2.64. The van der Waals surface area contributed by atoms with Crippen LogP contribution in [-0.4, -0.2) is 24.1 Å². The van der Waals surface area contributed by atoms with Crippen LogP contribution in [0.5, 0.6) is 0 Å². The maximum atomic E-state index is 12.5. The van der Waals surface area contributed by atoms with Gasteiger partial charge in [-0.05, 0) is 69.1 Å². The van der Waals surface area contributed by atoms with Crippen LogP contribution in [0.4, 0.5) is 0 Å².